The number of hydrogen-bond donors (Lipinski definition) is 1. The van der Waals surface area contributed by atoms with E-state index in [9.17, 15) is 4.79 Å². The van der Waals surface area contributed by atoms with Crippen molar-refractivity contribution in [1.82, 2.24) is 4.90 Å². The van der Waals surface area contributed by atoms with Gasteiger partial charge in [0.05, 0.1) is 7.11 Å². The Morgan fingerprint density at radius 3 is 2.63 bits per heavy atom. The van der Waals surface area contributed by atoms with E-state index in [0.29, 0.717) is 24.4 Å². The lowest BCUT2D eigenvalue weighted by Gasteiger charge is -2.42. The molecule has 0 radical (unpaired) electrons. The Bertz CT molecular complexity index is 307. The van der Waals surface area contributed by atoms with Crippen LogP contribution in [0.1, 0.15) is 52.9 Å². The third-order valence-corrected chi connectivity index (χ3v) is 4.44. The average Bonchev–Trinajstić information content (AvgIpc) is 2.36. The zero-order valence-electron chi connectivity index (χ0n) is 13.1. The first-order valence-electron chi connectivity index (χ1n) is 7.39. The number of nitrogens with zero attached hydrogens (tertiary/aromatic N) is 1. The SMILES string of the molecule is COC(=O)C1(N)CCCC(N(C)C(C)CC(C)C)C1. The van der Waals surface area contributed by atoms with Gasteiger partial charge in [-0.1, -0.05) is 13.8 Å². The molecule has 1 aliphatic rings. The smallest absolute Gasteiger partial charge is 0.325 e. The molecule has 4 heteroatoms. The maximum atomic E-state index is 11.8. The van der Waals surface area contributed by atoms with Crippen LogP contribution in [0, 0.1) is 5.92 Å². The van der Waals surface area contributed by atoms with E-state index in [0.717, 1.165) is 19.3 Å². The largest absolute Gasteiger partial charge is 0.468 e. The minimum Gasteiger partial charge on any atom is -0.468 e. The summed E-state index contributed by atoms with van der Waals surface area (Å²) in [7, 11) is 3.58. The standard InChI is InChI=1S/C15H30N2O2/c1-11(2)9-12(3)17(4)13-7-6-8-15(16,10-13)14(18)19-5/h11-13H,6-10,16H2,1-5H3. The third kappa shape index (κ3) is 4.18. The van der Waals surface area contributed by atoms with Gasteiger partial charge in [-0.2, -0.15) is 0 Å². The van der Waals surface area contributed by atoms with Crippen LogP contribution in [0.3, 0.4) is 0 Å². The van der Waals surface area contributed by atoms with Crippen LogP contribution < -0.4 is 5.73 Å². The Labute approximate surface area is 117 Å². The van der Waals surface area contributed by atoms with Gasteiger partial charge < -0.3 is 15.4 Å². The van der Waals surface area contributed by atoms with E-state index in [2.05, 4.69) is 32.7 Å². The summed E-state index contributed by atoms with van der Waals surface area (Å²) in [5.41, 5.74) is 5.45. The van der Waals surface area contributed by atoms with Crippen molar-refractivity contribution in [3.8, 4) is 0 Å². The molecular weight excluding hydrogens is 240 g/mol. The van der Waals surface area contributed by atoms with Gasteiger partial charge in [0, 0.05) is 12.1 Å². The number of ether oxygens (including phenoxy) is 1. The molecule has 0 bridgehead atoms. The lowest BCUT2D eigenvalue weighted by atomic mass is 9.78. The molecule has 1 fully saturated rings. The maximum absolute atomic E-state index is 11.8. The summed E-state index contributed by atoms with van der Waals surface area (Å²) in [5.74, 6) is 0.423. The highest BCUT2D eigenvalue weighted by Gasteiger charge is 2.41. The van der Waals surface area contributed by atoms with Crippen LogP contribution in [0.4, 0.5) is 0 Å². The first-order valence-corrected chi connectivity index (χ1v) is 7.39. The van der Waals surface area contributed by atoms with Gasteiger partial charge in [0.15, 0.2) is 0 Å². The molecule has 2 N–H and O–H groups in total. The van der Waals surface area contributed by atoms with Crippen LogP contribution in [-0.2, 0) is 9.53 Å². The van der Waals surface area contributed by atoms with Gasteiger partial charge in [0.2, 0.25) is 0 Å². The molecule has 1 rings (SSSR count). The summed E-state index contributed by atoms with van der Waals surface area (Å²) < 4.78 is 4.86. The first kappa shape index (κ1) is 16.4. The molecular formula is C15H30N2O2. The fraction of sp³-hybridized carbons (Fsp3) is 0.933. The Morgan fingerprint density at radius 1 is 1.47 bits per heavy atom. The first-order chi connectivity index (χ1) is 8.80. The molecule has 0 aromatic carbocycles. The quantitative estimate of drug-likeness (QED) is 0.778. The van der Waals surface area contributed by atoms with Gasteiger partial charge in [0.1, 0.15) is 5.54 Å². The van der Waals surface area contributed by atoms with Crippen molar-refractivity contribution in [3.63, 3.8) is 0 Å². The summed E-state index contributed by atoms with van der Waals surface area (Å²) in [4.78, 5) is 14.2. The fourth-order valence-corrected chi connectivity index (χ4v) is 3.22. The topological polar surface area (TPSA) is 55.6 Å². The molecule has 3 unspecified atom stereocenters. The third-order valence-electron chi connectivity index (χ3n) is 4.44. The maximum Gasteiger partial charge on any atom is 0.325 e. The number of methoxy groups -OCH3 is 1. The summed E-state index contributed by atoms with van der Waals surface area (Å²) in [6.07, 6.45) is 4.73. The van der Waals surface area contributed by atoms with Crippen molar-refractivity contribution >= 4 is 5.97 Å². The Kier molecular flexibility index (Phi) is 5.81. The Hall–Kier alpha value is -0.610. The van der Waals surface area contributed by atoms with E-state index in [1.54, 1.807) is 0 Å². The van der Waals surface area contributed by atoms with Crippen LogP contribution >= 0.6 is 0 Å². The molecule has 0 heterocycles. The number of carbonyl (C=O) groups excluding carboxylic acids is 1. The number of nitrogens with two attached hydrogens (primary N) is 1. The second-order valence-corrected chi connectivity index (χ2v) is 6.54. The molecule has 3 atom stereocenters. The second-order valence-electron chi connectivity index (χ2n) is 6.54. The van der Waals surface area contributed by atoms with Crippen LogP contribution in [0.5, 0.6) is 0 Å². The highest BCUT2D eigenvalue weighted by Crippen LogP contribution is 2.31. The van der Waals surface area contributed by atoms with Crippen molar-refractivity contribution in [2.45, 2.75) is 70.5 Å². The predicted octanol–water partition coefficient (Wildman–Crippen LogP) is 2.17. The Morgan fingerprint density at radius 2 is 2.11 bits per heavy atom. The molecule has 1 aliphatic carbocycles. The summed E-state index contributed by atoms with van der Waals surface area (Å²) in [5, 5.41) is 0. The normalized spacial score (nSPS) is 29.6. The fourth-order valence-electron chi connectivity index (χ4n) is 3.22. The van der Waals surface area contributed by atoms with Gasteiger partial charge in [-0.3, -0.25) is 4.79 Å². The van der Waals surface area contributed by atoms with E-state index >= 15 is 0 Å². The van der Waals surface area contributed by atoms with Crippen LogP contribution in [0.25, 0.3) is 0 Å². The van der Waals surface area contributed by atoms with Crippen LogP contribution in [0.15, 0.2) is 0 Å². The molecule has 0 aromatic rings. The molecule has 0 saturated heterocycles. The minimum atomic E-state index is -0.788. The Balaban J connectivity index is 2.66. The molecule has 112 valence electrons. The van der Waals surface area contributed by atoms with Crippen LogP contribution in [-0.4, -0.2) is 42.6 Å². The summed E-state index contributed by atoms with van der Waals surface area (Å²) in [6, 6.07) is 0.900. The highest BCUT2D eigenvalue weighted by molar-refractivity contribution is 5.80. The van der Waals surface area contributed by atoms with E-state index in [1.165, 1.54) is 13.5 Å². The van der Waals surface area contributed by atoms with Crippen molar-refractivity contribution < 1.29 is 9.53 Å². The summed E-state index contributed by atoms with van der Waals surface area (Å²) in [6.45, 7) is 6.74. The van der Waals surface area contributed by atoms with Crippen molar-refractivity contribution in [2.24, 2.45) is 11.7 Å². The number of carbonyl (C=O) groups is 1. The van der Waals surface area contributed by atoms with E-state index < -0.39 is 5.54 Å². The molecule has 0 aromatic heterocycles. The predicted molar refractivity (Wildman–Crippen MR) is 77.9 cm³/mol. The van der Waals surface area contributed by atoms with Crippen molar-refractivity contribution in [2.75, 3.05) is 14.2 Å². The van der Waals surface area contributed by atoms with Gasteiger partial charge in [0.25, 0.3) is 0 Å². The highest BCUT2D eigenvalue weighted by atomic mass is 16.5. The number of rotatable bonds is 5. The lowest BCUT2D eigenvalue weighted by Crippen LogP contribution is -2.56. The van der Waals surface area contributed by atoms with E-state index in [4.69, 9.17) is 10.5 Å². The lowest BCUT2D eigenvalue weighted by molar-refractivity contribution is -0.149. The summed E-state index contributed by atoms with van der Waals surface area (Å²) >= 11 is 0. The minimum absolute atomic E-state index is 0.262. The molecule has 0 aliphatic heterocycles. The van der Waals surface area contributed by atoms with Crippen LogP contribution in [0.2, 0.25) is 0 Å². The molecule has 4 nitrogen and oxygen atoms in total. The van der Waals surface area contributed by atoms with Gasteiger partial charge in [-0.05, 0) is 52.0 Å². The average molecular weight is 270 g/mol. The molecule has 0 amide bonds. The molecule has 1 saturated carbocycles. The number of hydrogen-bond acceptors (Lipinski definition) is 4. The monoisotopic (exact) mass is 270 g/mol. The van der Waals surface area contributed by atoms with Crippen molar-refractivity contribution in [1.29, 1.82) is 0 Å². The zero-order valence-corrected chi connectivity index (χ0v) is 13.1. The van der Waals surface area contributed by atoms with E-state index in [1.807, 2.05) is 0 Å². The van der Waals surface area contributed by atoms with Gasteiger partial charge in [-0.25, -0.2) is 0 Å². The zero-order chi connectivity index (χ0) is 14.6. The van der Waals surface area contributed by atoms with Crippen molar-refractivity contribution in [3.05, 3.63) is 0 Å². The molecule has 19 heavy (non-hydrogen) atoms. The van der Waals surface area contributed by atoms with E-state index in [-0.39, 0.29) is 5.97 Å². The second kappa shape index (κ2) is 6.71. The molecule has 0 spiro atoms. The number of esters is 1. The van der Waals surface area contributed by atoms with Gasteiger partial charge in [-0.15, -0.1) is 0 Å². The van der Waals surface area contributed by atoms with Gasteiger partial charge >= 0.3 is 5.97 Å².